The van der Waals surface area contributed by atoms with E-state index in [1.165, 1.54) is 5.56 Å². The monoisotopic (exact) mass is 1050 g/mol. The summed E-state index contributed by atoms with van der Waals surface area (Å²) >= 11 is 0. The molecule has 2 fully saturated rings. The Balaban J connectivity index is 1.02. The molecular weight excluding hydrogens is 978 g/mol. The van der Waals surface area contributed by atoms with Crippen molar-refractivity contribution >= 4 is 98.2 Å². The highest BCUT2D eigenvalue weighted by molar-refractivity contribution is 6.84. The lowest BCUT2D eigenvalue weighted by molar-refractivity contribution is 0.250. The maximum absolute atomic E-state index is 7.08. The highest BCUT2D eigenvalue weighted by atomic mass is 16.7. The fourth-order valence-electron chi connectivity index (χ4n) is 10.7. The second-order valence-electron chi connectivity index (χ2n) is 26.9. The van der Waals surface area contributed by atoms with Crippen molar-refractivity contribution in [1.82, 2.24) is 9.55 Å². The number of pyridine rings is 1. The summed E-state index contributed by atoms with van der Waals surface area (Å²) in [6.45, 7) is 32.9. The van der Waals surface area contributed by atoms with Crippen LogP contribution in [0.1, 0.15) is 109 Å². The van der Waals surface area contributed by atoms with Crippen molar-refractivity contribution < 1.29 is 32.2 Å². The number of benzene rings is 6. The number of aromatic nitrogens is 2. The maximum Gasteiger partial charge on any atom is 0.468 e. The fourth-order valence-corrected chi connectivity index (χ4v) is 10.7. The van der Waals surface area contributed by atoms with Crippen LogP contribution in [0.5, 0.6) is 11.5 Å². The van der Waals surface area contributed by atoms with Crippen LogP contribution in [0.3, 0.4) is 0 Å². The van der Waals surface area contributed by atoms with Crippen molar-refractivity contribution in [2.24, 2.45) is 0 Å². The molecule has 0 amide bonds. The molecule has 2 aromatic heterocycles. The molecule has 3 aliphatic rings. The van der Waals surface area contributed by atoms with Gasteiger partial charge in [-0.3, -0.25) is 4.57 Å². The summed E-state index contributed by atoms with van der Waals surface area (Å²) < 4.78 is 50.8. The van der Waals surface area contributed by atoms with Crippen LogP contribution in [-0.2, 0) is 32.8 Å². The van der Waals surface area contributed by atoms with E-state index in [0.29, 0.717) is 18.2 Å². The van der Waals surface area contributed by atoms with E-state index in [2.05, 4.69) is 240 Å². The molecule has 5 heterocycles. The Kier molecular flexibility index (Phi) is 14.2. The van der Waals surface area contributed by atoms with E-state index in [0.717, 1.165) is 72.4 Å². The molecule has 79 heavy (non-hydrogen) atoms. The number of ether oxygens (including phenoxy) is 1. The number of fused-ring (bicyclic) bond motifs is 4. The van der Waals surface area contributed by atoms with Gasteiger partial charge in [-0.2, -0.15) is 0 Å². The molecule has 0 atom stereocenters. The van der Waals surface area contributed by atoms with E-state index in [9.17, 15) is 0 Å². The SMILES string of the molecule is CC(C)(C)B1OB(c2cc(C(C)(C)C)cc(B3OB(C(C)(C)C)OB(C(C)(C)C)O3)c2N2CN(c3cccc(Oc4ccc5c6cc(-c7ccccc7)ccc6n(-c6ccccn6)c5c4)c3)c3ccccc32)OB(C(C)(C)C)O1. The minimum atomic E-state index is -0.826. The predicted octanol–water partition coefficient (Wildman–Crippen LogP) is 14.9. The van der Waals surface area contributed by atoms with Gasteiger partial charge in [0, 0.05) is 51.4 Å². The van der Waals surface area contributed by atoms with Crippen LogP contribution in [0.2, 0.25) is 21.3 Å². The molecule has 0 spiro atoms. The van der Waals surface area contributed by atoms with Crippen molar-refractivity contribution in [2.45, 2.75) is 131 Å². The van der Waals surface area contributed by atoms with Crippen molar-refractivity contribution in [3.8, 4) is 28.4 Å². The van der Waals surface area contributed by atoms with Crippen LogP contribution in [-0.4, -0.2) is 58.9 Å². The first kappa shape index (κ1) is 54.8. The van der Waals surface area contributed by atoms with E-state index in [1.807, 2.05) is 30.5 Å². The zero-order chi connectivity index (χ0) is 56.0. The molecular formula is C62H72B6N4O7. The summed E-state index contributed by atoms with van der Waals surface area (Å²) in [6, 6.07) is 51.0. The molecule has 0 unspecified atom stereocenters. The van der Waals surface area contributed by atoms with Gasteiger partial charge in [0.15, 0.2) is 0 Å². The quantitative estimate of drug-likeness (QED) is 0.137. The van der Waals surface area contributed by atoms with Gasteiger partial charge in [0.25, 0.3) is 0 Å². The lowest BCUT2D eigenvalue weighted by atomic mass is 9.49. The van der Waals surface area contributed by atoms with E-state index in [1.54, 1.807) is 0 Å². The molecule has 11 nitrogen and oxygen atoms in total. The van der Waals surface area contributed by atoms with Gasteiger partial charge < -0.3 is 42.0 Å². The minimum absolute atomic E-state index is 0.293. The molecule has 0 radical (unpaired) electrons. The first-order valence-electron chi connectivity index (χ1n) is 27.9. The highest BCUT2D eigenvalue weighted by Gasteiger charge is 2.55. The molecule has 0 aliphatic carbocycles. The van der Waals surface area contributed by atoms with Gasteiger partial charge in [-0.05, 0) is 104 Å². The van der Waals surface area contributed by atoms with E-state index in [-0.39, 0.29) is 26.7 Å². The molecule has 0 bridgehead atoms. The molecule has 2 saturated heterocycles. The largest absolute Gasteiger partial charge is 0.468 e. The Bertz CT molecular complexity index is 3420. The first-order chi connectivity index (χ1) is 37.3. The average molecular weight is 1050 g/mol. The smallest absolute Gasteiger partial charge is 0.457 e. The van der Waals surface area contributed by atoms with Crippen molar-refractivity contribution in [3.05, 3.63) is 157 Å². The van der Waals surface area contributed by atoms with Gasteiger partial charge in [0.05, 0.1) is 22.4 Å². The number of rotatable bonds is 8. The third-order valence-electron chi connectivity index (χ3n) is 15.0. The summed E-state index contributed by atoms with van der Waals surface area (Å²) in [6.07, 6.45) is 1.84. The molecule has 8 aromatic rings. The Hall–Kier alpha value is -6.18. The fraction of sp³-hybridized carbons (Fsp3) is 0.339. The van der Waals surface area contributed by atoms with Gasteiger partial charge in [-0.25, -0.2) is 4.98 Å². The summed E-state index contributed by atoms with van der Waals surface area (Å²) in [5.41, 5.74) is 10.8. The second-order valence-corrected chi connectivity index (χ2v) is 26.9. The minimum Gasteiger partial charge on any atom is -0.457 e. The number of hydrogen-bond acceptors (Lipinski definition) is 10. The Morgan fingerprint density at radius 1 is 0.443 bits per heavy atom. The van der Waals surface area contributed by atoms with Crippen LogP contribution in [0.15, 0.2) is 152 Å². The Morgan fingerprint density at radius 2 is 0.987 bits per heavy atom. The molecule has 0 N–H and O–H groups in total. The molecule has 6 aromatic carbocycles. The summed E-state index contributed by atoms with van der Waals surface area (Å²) in [5, 5.41) is 0.766. The van der Waals surface area contributed by atoms with Crippen LogP contribution in [0.25, 0.3) is 38.8 Å². The second kappa shape index (κ2) is 20.4. The van der Waals surface area contributed by atoms with Crippen LogP contribution < -0.4 is 25.5 Å². The van der Waals surface area contributed by atoms with Gasteiger partial charge in [-0.1, -0.05) is 177 Å². The van der Waals surface area contributed by atoms with E-state index in [4.69, 9.17) is 37.2 Å². The van der Waals surface area contributed by atoms with Gasteiger partial charge in [0.1, 0.15) is 24.0 Å². The molecule has 3 aliphatic heterocycles. The lowest BCUT2D eigenvalue weighted by Crippen LogP contribution is -2.62. The van der Waals surface area contributed by atoms with Crippen LogP contribution >= 0.6 is 0 Å². The van der Waals surface area contributed by atoms with Crippen LogP contribution in [0.4, 0.5) is 22.7 Å². The van der Waals surface area contributed by atoms with Crippen molar-refractivity contribution in [2.75, 3.05) is 16.5 Å². The third-order valence-corrected chi connectivity index (χ3v) is 15.0. The number of nitrogens with zero attached hydrogens (tertiary/aromatic N) is 4. The molecule has 17 heteroatoms. The molecule has 0 saturated carbocycles. The number of hydrogen-bond donors (Lipinski definition) is 0. The zero-order valence-corrected chi connectivity index (χ0v) is 48.8. The summed E-state index contributed by atoms with van der Waals surface area (Å²) in [4.78, 5) is 9.53. The zero-order valence-electron chi connectivity index (χ0n) is 48.8. The number of anilines is 4. The Morgan fingerprint density at radius 3 is 1.53 bits per heavy atom. The molecule has 400 valence electrons. The van der Waals surface area contributed by atoms with Crippen LogP contribution in [0, 0.1) is 0 Å². The normalized spacial score (nSPS) is 16.0. The van der Waals surface area contributed by atoms with Gasteiger partial charge in [-0.15, -0.1) is 0 Å². The number of para-hydroxylation sites is 2. The summed E-state index contributed by atoms with van der Waals surface area (Å²) in [5.74, 6) is 2.25. The Labute approximate surface area is 470 Å². The molecule has 11 rings (SSSR count). The first-order valence-corrected chi connectivity index (χ1v) is 27.9. The van der Waals surface area contributed by atoms with E-state index >= 15 is 0 Å². The van der Waals surface area contributed by atoms with Crippen molar-refractivity contribution in [3.63, 3.8) is 0 Å². The van der Waals surface area contributed by atoms with E-state index < -0.39 is 42.7 Å². The predicted molar refractivity (Wildman–Crippen MR) is 330 cm³/mol. The average Bonchev–Trinajstić information content (AvgIpc) is 4.00. The summed E-state index contributed by atoms with van der Waals surface area (Å²) in [7, 11) is -3.96. The maximum atomic E-state index is 7.08. The standard InChI is InChI=1S/C62H72B6N4O7/c1-58(2,3)44-37-50(63-74-65(59(4,5)6)78-66(75-63)60(7,8)9)57(51(38-44)64-76-67(61(10,11)12)79-68(77-64)62(13,14)15)71-41-70(53-28-19-20-29-54(53)71)45-26-23-27-46(39-45)73-47-32-33-48-49-36-43(42-24-17-16-18-25-42)31-34-52(49)72(55(48)40-47)56-30-21-22-35-69-56/h16-40H,41H2,1-15H3. The lowest BCUT2D eigenvalue weighted by Gasteiger charge is -2.43. The van der Waals surface area contributed by atoms with Gasteiger partial charge >= 0.3 is 42.7 Å². The van der Waals surface area contributed by atoms with Crippen molar-refractivity contribution in [1.29, 1.82) is 0 Å². The highest BCUT2D eigenvalue weighted by Crippen LogP contribution is 2.47. The topological polar surface area (TPSA) is 88.9 Å². The third kappa shape index (κ3) is 10.9. The van der Waals surface area contributed by atoms with Gasteiger partial charge in [0.2, 0.25) is 0 Å².